The summed E-state index contributed by atoms with van der Waals surface area (Å²) >= 11 is 0. The van der Waals surface area contributed by atoms with Crippen molar-refractivity contribution in [2.24, 2.45) is 0 Å². The molecule has 0 amide bonds. The monoisotopic (exact) mass is 298 g/mol. The summed E-state index contributed by atoms with van der Waals surface area (Å²) in [5.41, 5.74) is 0. The summed E-state index contributed by atoms with van der Waals surface area (Å²) in [5, 5.41) is 0. The predicted octanol–water partition coefficient (Wildman–Crippen LogP) is 3.45. The van der Waals surface area contributed by atoms with Gasteiger partial charge in [-0.3, -0.25) is 4.74 Å². The van der Waals surface area contributed by atoms with Crippen LogP contribution in [0.4, 0.5) is 48.3 Å². The molecule has 0 spiro atoms. The Labute approximate surface area is 90.5 Å². The molecule has 0 saturated carbocycles. The van der Waals surface area contributed by atoms with Crippen LogP contribution in [-0.2, 0) is 4.74 Å². The lowest BCUT2D eigenvalue weighted by Crippen LogP contribution is -2.63. The van der Waals surface area contributed by atoms with Crippen molar-refractivity contribution in [3.8, 4) is 0 Å². The molecule has 1 saturated heterocycles. The molecule has 1 rings (SSSR count). The van der Waals surface area contributed by atoms with E-state index < -0.39 is 36.2 Å². The van der Waals surface area contributed by atoms with Gasteiger partial charge in [0.05, 0.1) is 0 Å². The first-order valence-corrected chi connectivity index (χ1v) is 3.85. The molecular weight excluding hydrogens is 297 g/mol. The lowest BCUT2D eigenvalue weighted by atomic mass is 10.0. The third-order valence-electron chi connectivity index (χ3n) is 2.02. The molecule has 0 aromatic carbocycles. The van der Waals surface area contributed by atoms with Crippen LogP contribution in [0.25, 0.3) is 0 Å². The SMILES string of the molecule is FC1(F)OC1C(F)(F)C(F)(F)C(F)(F)C(F)(F)F. The molecule has 1 fully saturated rings. The molecule has 1 unspecified atom stereocenters. The first-order chi connectivity index (χ1) is 7.59. The van der Waals surface area contributed by atoms with Gasteiger partial charge in [0.1, 0.15) is 0 Å². The van der Waals surface area contributed by atoms with E-state index in [1.54, 1.807) is 0 Å². The average Bonchev–Trinajstić information content (AvgIpc) is 2.73. The van der Waals surface area contributed by atoms with E-state index >= 15 is 0 Å². The number of hydrogen-bond acceptors (Lipinski definition) is 1. The van der Waals surface area contributed by atoms with E-state index in [9.17, 15) is 48.3 Å². The van der Waals surface area contributed by atoms with Crippen LogP contribution < -0.4 is 0 Å². The third kappa shape index (κ3) is 1.80. The molecule has 0 N–H and O–H groups in total. The molecule has 0 aromatic rings. The Morgan fingerprint density at radius 3 is 1.28 bits per heavy atom. The first kappa shape index (κ1) is 15.2. The smallest absolute Gasteiger partial charge is 0.299 e. The van der Waals surface area contributed by atoms with Gasteiger partial charge in [-0.05, 0) is 0 Å². The van der Waals surface area contributed by atoms with Crippen LogP contribution >= 0.6 is 0 Å². The van der Waals surface area contributed by atoms with Crippen LogP contribution in [0.1, 0.15) is 0 Å². The van der Waals surface area contributed by atoms with Crippen LogP contribution in [0.5, 0.6) is 0 Å². The fourth-order valence-corrected chi connectivity index (χ4v) is 0.960. The van der Waals surface area contributed by atoms with Gasteiger partial charge in [0.2, 0.25) is 6.10 Å². The summed E-state index contributed by atoms with van der Waals surface area (Å²) in [6.07, 6.45) is -16.0. The molecule has 1 atom stereocenters. The highest BCUT2D eigenvalue weighted by atomic mass is 19.4. The number of alkyl halides is 11. The van der Waals surface area contributed by atoms with Crippen molar-refractivity contribution < 1.29 is 53.0 Å². The average molecular weight is 298 g/mol. The van der Waals surface area contributed by atoms with Gasteiger partial charge in [0.25, 0.3) is 0 Å². The number of epoxide rings is 1. The molecule has 108 valence electrons. The molecule has 0 aliphatic carbocycles. The van der Waals surface area contributed by atoms with Gasteiger partial charge in [0, 0.05) is 0 Å². The standard InChI is InChI=1S/C6HF11O/c7-2(8,1-3(9,10)18-1)4(11,12)5(13,14)6(15,16)17/h1H. The summed E-state index contributed by atoms with van der Waals surface area (Å²) in [7, 11) is 0. The minimum Gasteiger partial charge on any atom is -0.299 e. The highest BCUT2D eigenvalue weighted by Crippen LogP contribution is 2.60. The topological polar surface area (TPSA) is 12.5 Å². The Kier molecular flexibility index (Phi) is 2.87. The lowest BCUT2D eigenvalue weighted by molar-refractivity contribution is -0.398. The van der Waals surface area contributed by atoms with Gasteiger partial charge in [-0.25, -0.2) is 0 Å². The maximum Gasteiger partial charge on any atom is 0.460 e. The van der Waals surface area contributed by atoms with Crippen LogP contribution in [-0.4, -0.2) is 36.2 Å². The highest BCUT2D eigenvalue weighted by molar-refractivity contribution is 5.09. The minimum absolute atomic E-state index is 2.70. The van der Waals surface area contributed by atoms with Crippen molar-refractivity contribution in [2.45, 2.75) is 36.2 Å². The fraction of sp³-hybridized carbons (Fsp3) is 1.00. The second-order valence-electron chi connectivity index (χ2n) is 3.33. The summed E-state index contributed by atoms with van der Waals surface area (Å²) in [6.45, 7) is 0. The summed E-state index contributed by atoms with van der Waals surface area (Å²) in [4.78, 5) is 0. The molecular formula is C6HF11O. The second-order valence-corrected chi connectivity index (χ2v) is 3.33. The zero-order valence-corrected chi connectivity index (χ0v) is 7.64. The van der Waals surface area contributed by atoms with E-state index in [1.807, 2.05) is 0 Å². The van der Waals surface area contributed by atoms with E-state index in [-0.39, 0.29) is 0 Å². The molecule has 1 nitrogen and oxygen atoms in total. The Balaban J connectivity index is 3.14. The predicted molar refractivity (Wildman–Crippen MR) is 30.7 cm³/mol. The van der Waals surface area contributed by atoms with Crippen molar-refractivity contribution >= 4 is 0 Å². The zero-order chi connectivity index (χ0) is 14.8. The van der Waals surface area contributed by atoms with Gasteiger partial charge in [-0.1, -0.05) is 0 Å². The zero-order valence-electron chi connectivity index (χ0n) is 7.64. The summed E-state index contributed by atoms with van der Waals surface area (Å²) < 4.78 is 136. The van der Waals surface area contributed by atoms with Gasteiger partial charge >= 0.3 is 30.1 Å². The normalized spacial score (nSPS) is 25.2. The molecule has 0 radical (unpaired) electrons. The Morgan fingerprint density at radius 1 is 0.722 bits per heavy atom. The molecule has 1 aliphatic rings. The van der Waals surface area contributed by atoms with Crippen LogP contribution in [0.15, 0.2) is 0 Å². The molecule has 0 bridgehead atoms. The van der Waals surface area contributed by atoms with E-state index in [0.29, 0.717) is 0 Å². The Morgan fingerprint density at radius 2 is 1.06 bits per heavy atom. The van der Waals surface area contributed by atoms with Gasteiger partial charge < -0.3 is 0 Å². The van der Waals surface area contributed by atoms with E-state index in [2.05, 4.69) is 4.74 Å². The number of hydrogen-bond donors (Lipinski definition) is 0. The minimum atomic E-state index is -7.19. The van der Waals surface area contributed by atoms with E-state index in [4.69, 9.17) is 0 Å². The Bertz CT molecular complexity index is 342. The molecule has 0 aromatic heterocycles. The summed E-state index contributed by atoms with van der Waals surface area (Å²) in [5.74, 6) is -20.7. The largest absolute Gasteiger partial charge is 0.460 e. The quantitative estimate of drug-likeness (QED) is 0.574. The van der Waals surface area contributed by atoms with Crippen molar-refractivity contribution in [2.75, 3.05) is 0 Å². The van der Waals surface area contributed by atoms with Crippen molar-refractivity contribution in [3.63, 3.8) is 0 Å². The number of ether oxygens (including phenoxy) is 1. The van der Waals surface area contributed by atoms with Crippen LogP contribution in [0.3, 0.4) is 0 Å². The maximum absolute atomic E-state index is 12.6. The lowest BCUT2D eigenvalue weighted by Gasteiger charge is -2.32. The van der Waals surface area contributed by atoms with Gasteiger partial charge in [-0.2, -0.15) is 48.3 Å². The van der Waals surface area contributed by atoms with Crippen LogP contribution in [0.2, 0.25) is 0 Å². The van der Waals surface area contributed by atoms with Crippen LogP contribution in [0, 0.1) is 0 Å². The number of rotatable bonds is 3. The van der Waals surface area contributed by atoms with E-state index in [1.165, 1.54) is 0 Å². The molecule has 1 aliphatic heterocycles. The summed E-state index contributed by atoms with van der Waals surface area (Å²) in [6, 6.07) is 0. The molecule has 18 heavy (non-hydrogen) atoms. The molecule has 1 heterocycles. The Hall–Kier alpha value is -0.810. The van der Waals surface area contributed by atoms with Gasteiger partial charge in [-0.15, -0.1) is 0 Å². The third-order valence-corrected chi connectivity index (χ3v) is 2.02. The highest BCUT2D eigenvalue weighted by Gasteiger charge is 2.89. The second kappa shape index (κ2) is 3.39. The maximum atomic E-state index is 12.6. The van der Waals surface area contributed by atoms with Crippen molar-refractivity contribution in [1.29, 1.82) is 0 Å². The van der Waals surface area contributed by atoms with Crippen molar-refractivity contribution in [1.82, 2.24) is 0 Å². The van der Waals surface area contributed by atoms with E-state index in [0.717, 1.165) is 0 Å². The number of halogens is 11. The van der Waals surface area contributed by atoms with Gasteiger partial charge in [0.15, 0.2) is 0 Å². The first-order valence-electron chi connectivity index (χ1n) is 3.85. The molecule has 12 heteroatoms. The van der Waals surface area contributed by atoms with Crippen molar-refractivity contribution in [3.05, 3.63) is 0 Å². The fourth-order valence-electron chi connectivity index (χ4n) is 0.960.